The van der Waals surface area contributed by atoms with E-state index in [4.69, 9.17) is 4.74 Å². The second-order valence-corrected chi connectivity index (χ2v) is 5.92. The van der Waals surface area contributed by atoms with Crippen LogP contribution in [0.25, 0.3) is 10.9 Å². The molecule has 0 saturated heterocycles. The highest BCUT2D eigenvalue weighted by atomic mass is 16.5. The van der Waals surface area contributed by atoms with Gasteiger partial charge in [-0.1, -0.05) is 0 Å². The van der Waals surface area contributed by atoms with E-state index in [-0.39, 0.29) is 5.97 Å². The minimum absolute atomic E-state index is 0.241. The van der Waals surface area contributed by atoms with Crippen LogP contribution in [-0.4, -0.2) is 42.6 Å². The van der Waals surface area contributed by atoms with E-state index >= 15 is 0 Å². The number of fused-ring (bicyclic) bond motifs is 3. The molecule has 1 unspecified atom stereocenters. The molecule has 0 aliphatic heterocycles. The maximum absolute atomic E-state index is 11.9. The summed E-state index contributed by atoms with van der Waals surface area (Å²) in [6.45, 7) is 2.24. The lowest BCUT2D eigenvalue weighted by Crippen LogP contribution is -2.33. The minimum atomic E-state index is -0.241. The van der Waals surface area contributed by atoms with Crippen LogP contribution in [0.15, 0.2) is 18.2 Å². The van der Waals surface area contributed by atoms with Gasteiger partial charge in [0.1, 0.15) is 0 Å². The molecule has 0 amide bonds. The van der Waals surface area contributed by atoms with Crippen molar-refractivity contribution in [2.75, 3.05) is 20.7 Å². The lowest BCUT2D eigenvalue weighted by atomic mass is 9.90. The van der Waals surface area contributed by atoms with Gasteiger partial charge in [-0.3, -0.25) is 0 Å². The Morgan fingerprint density at radius 1 is 1.43 bits per heavy atom. The van der Waals surface area contributed by atoms with E-state index in [0.717, 1.165) is 18.4 Å². The Labute approximate surface area is 125 Å². The van der Waals surface area contributed by atoms with Crippen molar-refractivity contribution >= 4 is 16.9 Å². The highest BCUT2D eigenvalue weighted by Gasteiger charge is 2.24. The number of ether oxygens (including phenoxy) is 1. The molecule has 0 radical (unpaired) electrons. The molecule has 21 heavy (non-hydrogen) atoms. The zero-order valence-electron chi connectivity index (χ0n) is 12.9. The lowest BCUT2D eigenvalue weighted by Gasteiger charge is -2.28. The summed E-state index contributed by atoms with van der Waals surface area (Å²) in [4.78, 5) is 17.7. The number of H-pyrrole nitrogens is 1. The van der Waals surface area contributed by atoms with Crippen molar-refractivity contribution in [3.05, 3.63) is 35.0 Å². The summed E-state index contributed by atoms with van der Waals surface area (Å²) < 4.78 is 5.10. The fraction of sp³-hybridized carbons (Fsp3) is 0.471. The van der Waals surface area contributed by atoms with E-state index < -0.39 is 0 Å². The molecule has 3 rings (SSSR count). The van der Waals surface area contributed by atoms with Gasteiger partial charge in [-0.25, -0.2) is 4.79 Å². The summed E-state index contributed by atoms with van der Waals surface area (Å²) in [5, 5.41) is 1.17. The number of carbonyl (C=O) groups is 1. The van der Waals surface area contributed by atoms with Gasteiger partial charge < -0.3 is 14.6 Å². The number of aromatic amines is 1. The van der Waals surface area contributed by atoms with Crippen molar-refractivity contribution in [2.45, 2.75) is 32.2 Å². The number of aromatic nitrogens is 1. The Kier molecular flexibility index (Phi) is 3.72. The van der Waals surface area contributed by atoms with Gasteiger partial charge in [0.05, 0.1) is 12.2 Å². The van der Waals surface area contributed by atoms with E-state index in [9.17, 15) is 4.79 Å². The lowest BCUT2D eigenvalue weighted by molar-refractivity contribution is 0.0526. The summed E-state index contributed by atoms with van der Waals surface area (Å²) in [6.07, 6.45) is 3.29. The highest BCUT2D eigenvalue weighted by molar-refractivity contribution is 5.96. The molecule has 1 aromatic carbocycles. The molecule has 2 aromatic rings. The van der Waals surface area contributed by atoms with Crippen LogP contribution >= 0.6 is 0 Å². The Hall–Kier alpha value is -1.81. The van der Waals surface area contributed by atoms with E-state index in [1.54, 1.807) is 0 Å². The number of hydrogen-bond donors (Lipinski definition) is 1. The predicted octanol–water partition coefficient (Wildman–Crippen LogP) is 2.76. The Morgan fingerprint density at radius 2 is 2.24 bits per heavy atom. The summed E-state index contributed by atoms with van der Waals surface area (Å²) in [6, 6.07) is 6.37. The molecule has 1 aromatic heterocycles. The van der Waals surface area contributed by atoms with Crippen LogP contribution in [0.1, 0.15) is 35.0 Å². The van der Waals surface area contributed by atoms with Gasteiger partial charge in [-0.15, -0.1) is 0 Å². The van der Waals surface area contributed by atoms with Crippen molar-refractivity contribution in [3.8, 4) is 0 Å². The van der Waals surface area contributed by atoms with Gasteiger partial charge in [-0.05, 0) is 64.0 Å². The smallest absolute Gasteiger partial charge is 0.338 e. The highest BCUT2D eigenvalue weighted by Crippen LogP contribution is 2.31. The fourth-order valence-electron chi connectivity index (χ4n) is 3.18. The Morgan fingerprint density at radius 3 is 2.95 bits per heavy atom. The molecular weight excluding hydrogens is 264 g/mol. The number of hydrogen-bond acceptors (Lipinski definition) is 3. The van der Waals surface area contributed by atoms with Crippen molar-refractivity contribution < 1.29 is 9.53 Å². The number of rotatable bonds is 3. The number of nitrogens with one attached hydrogen (secondary N) is 1. The number of benzene rings is 1. The summed E-state index contributed by atoms with van der Waals surface area (Å²) in [7, 11) is 4.27. The number of carbonyl (C=O) groups excluding carboxylic acids is 1. The monoisotopic (exact) mass is 286 g/mol. The maximum Gasteiger partial charge on any atom is 0.338 e. The van der Waals surface area contributed by atoms with Gasteiger partial charge in [0.2, 0.25) is 0 Å². The van der Waals surface area contributed by atoms with E-state index in [0.29, 0.717) is 18.2 Å². The average molecular weight is 286 g/mol. The molecule has 4 heteroatoms. The minimum Gasteiger partial charge on any atom is -0.462 e. The van der Waals surface area contributed by atoms with Crippen LogP contribution in [0.4, 0.5) is 0 Å². The standard InChI is InChI=1S/C17H22N2O2/c1-4-21-17(20)11-5-7-15-13(9-11)14-10-12(19(2)3)6-8-16(14)18-15/h5,7,9,12,18H,4,6,8,10H2,1-3H3. The van der Waals surface area contributed by atoms with E-state index in [1.165, 1.54) is 23.1 Å². The molecule has 112 valence electrons. The molecule has 0 saturated carbocycles. The van der Waals surface area contributed by atoms with Crippen LogP contribution in [0.2, 0.25) is 0 Å². The summed E-state index contributed by atoms with van der Waals surface area (Å²) >= 11 is 0. The summed E-state index contributed by atoms with van der Waals surface area (Å²) in [5.41, 5.74) is 4.44. The molecule has 1 N–H and O–H groups in total. The number of likely N-dealkylation sites (N-methyl/N-ethyl adjacent to an activating group) is 1. The molecule has 1 aliphatic carbocycles. The normalized spacial score (nSPS) is 18.0. The third kappa shape index (κ3) is 2.56. The van der Waals surface area contributed by atoms with Gasteiger partial charge in [-0.2, -0.15) is 0 Å². The first-order valence-corrected chi connectivity index (χ1v) is 7.57. The van der Waals surface area contributed by atoms with Crippen LogP contribution in [0.3, 0.4) is 0 Å². The van der Waals surface area contributed by atoms with Gasteiger partial charge in [0, 0.05) is 22.6 Å². The summed E-state index contributed by atoms with van der Waals surface area (Å²) in [5.74, 6) is -0.241. The van der Waals surface area contributed by atoms with Crippen LogP contribution < -0.4 is 0 Å². The number of esters is 1. The molecule has 1 aliphatic rings. The van der Waals surface area contributed by atoms with Crippen molar-refractivity contribution in [1.82, 2.24) is 9.88 Å². The third-order valence-corrected chi connectivity index (χ3v) is 4.40. The Bertz CT molecular complexity index is 673. The zero-order chi connectivity index (χ0) is 15.0. The first kappa shape index (κ1) is 14.1. The van der Waals surface area contributed by atoms with Crippen molar-refractivity contribution in [1.29, 1.82) is 0 Å². The topological polar surface area (TPSA) is 45.3 Å². The van der Waals surface area contributed by atoms with Gasteiger partial charge in [0.25, 0.3) is 0 Å². The van der Waals surface area contributed by atoms with Gasteiger partial charge >= 0.3 is 5.97 Å². The second-order valence-electron chi connectivity index (χ2n) is 5.92. The third-order valence-electron chi connectivity index (χ3n) is 4.40. The molecule has 1 heterocycles. The zero-order valence-corrected chi connectivity index (χ0v) is 12.9. The molecular formula is C17H22N2O2. The van der Waals surface area contributed by atoms with Gasteiger partial charge in [0.15, 0.2) is 0 Å². The fourth-order valence-corrected chi connectivity index (χ4v) is 3.18. The van der Waals surface area contributed by atoms with Crippen molar-refractivity contribution in [3.63, 3.8) is 0 Å². The van der Waals surface area contributed by atoms with Crippen molar-refractivity contribution in [2.24, 2.45) is 0 Å². The van der Waals surface area contributed by atoms with Crippen LogP contribution in [-0.2, 0) is 17.6 Å². The molecule has 1 atom stereocenters. The second kappa shape index (κ2) is 5.53. The largest absolute Gasteiger partial charge is 0.462 e. The average Bonchev–Trinajstić information content (AvgIpc) is 2.84. The Balaban J connectivity index is 2.01. The molecule has 0 bridgehead atoms. The molecule has 0 spiro atoms. The number of aryl methyl sites for hydroxylation is 1. The van der Waals surface area contributed by atoms with Crippen LogP contribution in [0.5, 0.6) is 0 Å². The van der Waals surface area contributed by atoms with Crippen LogP contribution in [0, 0.1) is 0 Å². The molecule has 0 fully saturated rings. The first-order chi connectivity index (χ1) is 10.1. The number of nitrogens with zero attached hydrogens (tertiary/aromatic N) is 1. The predicted molar refractivity (Wildman–Crippen MR) is 83.8 cm³/mol. The maximum atomic E-state index is 11.9. The first-order valence-electron chi connectivity index (χ1n) is 7.57. The van der Waals surface area contributed by atoms with E-state index in [2.05, 4.69) is 24.0 Å². The quantitative estimate of drug-likeness (QED) is 0.882. The SMILES string of the molecule is CCOC(=O)c1ccc2[nH]c3c(c2c1)CC(N(C)C)CC3. The van der Waals surface area contributed by atoms with E-state index in [1.807, 2.05) is 25.1 Å². The molecule has 4 nitrogen and oxygen atoms in total.